The Morgan fingerprint density at radius 1 is 1.32 bits per heavy atom. The van der Waals surface area contributed by atoms with Gasteiger partial charge < -0.3 is 20.1 Å². The number of fused-ring (bicyclic) bond motifs is 1. The SMILES string of the molecule is CCN(CCO)CCCC#Cc1cc2c(cc1F)NCC2C(=O)Oc1ccc(Cl)cc1. The largest absolute Gasteiger partial charge is 0.426 e. The summed E-state index contributed by atoms with van der Waals surface area (Å²) in [7, 11) is 0. The molecule has 5 nitrogen and oxygen atoms in total. The Labute approximate surface area is 187 Å². The number of rotatable bonds is 8. The van der Waals surface area contributed by atoms with Crippen LogP contribution in [0.4, 0.5) is 10.1 Å². The molecule has 3 rings (SSSR count). The number of hydrogen-bond acceptors (Lipinski definition) is 5. The number of hydrogen-bond donors (Lipinski definition) is 2. The molecule has 2 aromatic carbocycles. The molecule has 1 heterocycles. The number of unbranched alkanes of at least 4 members (excludes halogenated alkanes) is 1. The van der Waals surface area contributed by atoms with Crippen LogP contribution in [0.3, 0.4) is 0 Å². The molecule has 1 aliphatic rings. The number of nitrogens with zero attached hydrogens (tertiary/aromatic N) is 1. The number of halogens is 2. The lowest BCUT2D eigenvalue weighted by atomic mass is 9.99. The Morgan fingerprint density at radius 3 is 2.81 bits per heavy atom. The first-order valence-corrected chi connectivity index (χ1v) is 10.8. The number of ether oxygens (including phenoxy) is 1. The lowest BCUT2D eigenvalue weighted by molar-refractivity contribution is -0.135. The summed E-state index contributed by atoms with van der Waals surface area (Å²) in [6.07, 6.45) is 1.46. The number of aliphatic hydroxyl groups is 1. The molecule has 0 saturated carbocycles. The molecule has 164 valence electrons. The van der Waals surface area contributed by atoms with Gasteiger partial charge in [-0.15, -0.1) is 0 Å². The van der Waals surface area contributed by atoms with E-state index in [-0.39, 0.29) is 12.2 Å². The van der Waals surface area contributed by atoms with Crippen molar-refractivity contribution in [1.82, 2.24) is 4.90 Å². The summed E-state index contributed by atoms with van der Waals surface area (Å²) >= 11 is 5.86. The average molecular weight is 445 g/mol. The summed E-state index contributed by atoms with van der Waals surface area (Å²) in [6, 6.07) is 9.58. The number of aliphatic hydroxyl groups excluding tert-OH is 1. The van der Waals surface area contributed by atoms with Gasteiger partial charge >= 0.3 is 5.97 Å². The lowest BCUT2D eigenvalue weighted by Crippen LogP contribution is -2.27. The monoisotopic (exact) mass is 444 g/mol. The van der Waals surface area contributed by atoms with Gasteiger partial charge in [0, 0.05) is 30.2 Å². The molecule has 0 fully saturated rings. The highest BCUT2D eigenvalue weighted by molar-refractivity contribution is 6.30. The van der Waals surface area contributed by atoms with Gasteiger partial charge in [0.2, 0.25) is 0 Å². The minimum atomic E-state index is -0.538. The van der Waals surface area contributed by atoms with Gasteiger partial charge in [-0.1, -0.05) is 30.4 Å². The molecule has 1 aliphatic heterocycles. The Kier molecular flexibility index (Phi) is 8.30. The Hall–Kier alpha value is -2.59. The second kappa shape index (κ2) is 11.1. The van der Waals surface area contributed by atoms with Gasteiger partial charge in [-0.05, 0) is 61.5 Å². The van der Waals surface area contributed by atoms with Crippen molar-refractivity contribution in [3.05, 3.63) is 58.4 Å². The normalized spacial score (nSPS) is 14.5. The molecule has 0 aromatic heterocycles. The molecule has 1 atom stereocenters. The van der Waals surface area contributed by atoms with Crippen LogP contribution < -0.4 is 10.1 Å². The Bertz CT molecular complexity index is 969. The van der Waals surface area contributed by atoms with Gasteiger partial charge in [0.1, 0.15) is 17.5 Å². The van der Waals surface area contributed by atoms with Crippen molar-refractivity contribution < 1.29 is 19.0 Å². The number of esters is 1. The smallest absolute Gasteiger partial charge is 0.320 e. The molecule has 1 unspecified atom stereocenters. The summed E-state index contributed by atoms with van der Waals surface area (Å²) in [5, 5.41) is 12.6. The fourth-order valence-electron chi connectivity index (χ4n) is 3.47. The van der Waals surface area contributed by atoms with E-state index in [1.165, 1.54) is 6.07 Å². The number of benzene rings is 2. The molecule has 2 N–H and O–H groups in total. The van der Waals surface area contributed by atoms with Crippen LogP contribution in [0.1, 0.15) is 36.8 Å². The van der Waals surface area contributed by atoms with Crippen LogP contribution in [0.2, 0.25) is 5.02 Å². The first kappa shape index (κ1) is 23.1. The molecule has 7 heteroatoms. The second-order valence-electron chi connectivity index (χ2n) is 7.29. The molecule has 31 heavy (non-hydrogen) atoms. The molecular weight excluding hydrogens is 419 g/mol. The Morgan fingerprint density at radius 2 is 2.10 bits per heavy atom. The molecular formula is C24H26ClFN2O3. The number of likely N-dealkylation sites (N-methyl/N-ethyl adjacent to an activating group) is 1. The van der Waals surface area contributed by atoms with Gasteiger partial charge in [0.05, 0.1) is 12.2 Å². The van der Waals surface area contributed by atoms with Crippen molar-refractivity contribution >= 4 is 23.3 Å². The predicted molar refractivity (Wildman–Crippen MR) is 120 cm³/mol. The topological polar surface area (TPSA) is 61.8 Å². The number of anilines is 1. The van der Waals surface area contributed by atoms with E-state index in [9.17, 15) is 9.18 Å². The highest BCUT2D eigenvalue weighted by atomic mass is 35.5. The van der Waals surface area contributed by atoms with E-state index in [2.05, 4.69) is 22.1 Å². The van der Waals surface area contributed by atoms with E-state index < -0.39 is 17.7 Å². The fraction of sp³-hybridized carbons (Fsp3) is 0.375. The molecule has 0 radical (unpaired) electrons. The van der Waals surface area contributed by atoms with Crippen LogP contribution in [0.25, 0.3) is 0 Å². The molecule has 0 aliphatic carbocycles. The van der Waals surface area contributed by atoms with E-state index in [1.807, 2.05) is 6.92 Å². The van der Waals surface area contributed by atoms with Crippen molar-refractivity contribution in [3.63, 3.8) is 0 Å². The molecule has 0 amide bonds. The van der Waals surface area contributed by atoms with Crippen LogP contribution in [-0.2, 0) is 4.79 Å². The third-order valence-electron chi connectivity index (χ3n) is 5.19. The second-order valence-corrected chi connectivity index (χ2v) is 7.73. The minimum absolute atomic E-state index is 0.134. The van der Waals surface area contributed by atoms with Crippen LogP contribution in [-0.4, -0.2) is 48.8 Å². The average Bonchev–Trinajstić information content (AvgIpc) is 3.17. The van der Waals surface area contributed by atoms with Crippen LogP contribution >= 0.6 is 11.6 Å². The van der Waals surface area contributed by atoms with Gasteiger partial charge in [-0.2, -0.15) is 0 Å². The van der Waals surface area contributed by atoms with Gasteiger partial charge in [-0.25, -0.2) is 4.39 Å². The summed E-state index contributed by atoms with van der Waals surface area (Å²) in [5.74, 6) is 4.95. The van der Waals surface area contributed by atoms with Crippen LogP contribution in [0, 0.1) is 17.7 Å². The van der Waals surface area contributed by atoms with Crippen molar-refractivity contribution in [2.24, 2.45) is 0 Å². The van der Waals surface area contributed by atoms with Gasteiger partial charge in [-0.3, -0.25) is 4.79 Å². The quantitative estimate of drug-likeness (QED) is 0.278. The summed E-state index contributed by atoms with van der Waals surface area (Å²) < 4.78 is 19.9. The van der Waals surface area contributed by atoms with E-state index in [1.54, 1.807) is 30.3 Å². The maximum atomic E-state index is 14.4. The van der Waals surface area contributed by atoms with E-state index in [0.717, 1.165) is 19.5 Å². The summed E-state index contributed by atoms with van der Waals surface area (Å²) in [6.45, 7) is 4.87. The standard InChI is InChI=1S/C24H26ClFN2O3/c1-2-28(12-13-29)11-5-3-4-6-17-14-20-21(16-27-23(20)15-22(17)26)24(30)31-19-9-7-18(25)8-10-19/h7-10,14-15,21,27,29H,2-3,5,11-13,16H2,1H3. The zero-order valence-electron chi connectivity index (χ0n) is 17.5. The zero-order chi connectivity index (χ0) is 22.2. The number of nitrogens with one attached hydrogen (secondary N) is 1. The van der Waals surface area contributed by atoms with Crippen molar-refractivity contribution in [2.45, 2.75) is 25.7 Å². The van der Waals surface area contributed by atoms with Gasteiger partial charge in [0.15, 0.2) is 0 Å². The number of carbonyl (C=O) groups excluding carboxylic acids is 1. The molecule has 0 saturated heterocycles. The van der Waals surface area contributed by atoms with Crippen molar-refractivity contribution in [2.75, 3.05) is 38.1 Å². The van der Waals surface area contributed by atoms with E-state index >= 15 is 0 Å². The molecule has 0 spiro atoms. The van der Waals surface area contributed by atoms with Crippen molar-refractivity contribution in [3.8, 4) is 17.6 Å². The first-order valence-electron chi connectivity index (χ1n) is 10.4. The van der Waals surface area contributed by atoms with Crippen molar-refractivity contribution in [1.29, 1.82) is 0 Å². The highest BCUT2D eigenvalue weighted by Gasteiger charge is 2.31. The van der Waals surface area contributed by atoms with Gasteiger partial charge in [0.25, 0.3) is 0 Å². The maximum absolute atomic E-state index is 14.4. The highest BCUT2D eigenvalue weighted by Crippen LogP contribution is 2.34. The predicted octanol–water partition coefficient (Wildman–Crippen LogP) is 4.04. The molecule has 2 aromatic rings. The maximum Gasteiger partial charge on any atom is 0.320 e. The summed E-state index contributed by atoms with van der Waals surface area (Å²) in [5.41, 5.74) is 1.54. The first-order chi connectivity index (χ1) is 15.0. The third kappa shape index (κ3) is 6.20. The fourth-order valence-corrected chi connectivity index (χ4v) is 3.59. The third-order valence-corrected chi connectivity index (χ3v) is 5.44. The lowest BCUT2D eigenvalue weighted by Gasteiger charge is -2.17. The minimum Gasteiger partial charge on any atom is -0.426 e. The van der Waals surface area contributed by atoms with Crippen LogP contribution in [0.5, 0.6) is 5.75 Å². The van der Waals surface area contributed by atoms with E-state index in [4.69, 9.17) is 21.4 Å². The Balaban J connectivity index is 1.65. The van der Waals surface area contributed by atoms with Crippen LogP contribution in [0.15, 0.2) is 36.4 Å². The number of carbonyl (C=O) groups is 1. The zero-order valence-corrected chi connectivity index (χ0v) is 18.2. The van der Waals surface area contributed by atoms with E-state index in [0.29, 0.717) is 41.5 Å². The molecule has 0 bridgehead atoms. The summed E-state index contributed by atoms with van der Waals surface area (Å²) in [4.78, 5) is 14.8.